The van der Waals surface area contributed by atoms with Crippen LogP contribution in [0.2, 0.25) is 10.0 Å². The molecule has 3 aromatic carbocycles. The number of ketones is 1. The summed E-state index contributed by atoms with van der Waals surface area (Å²) >= 11 is 12.0. The van der Waals surface area contributed by atoms with Crippen LogP contribution in [0, 0.1) is 0 Å². The van der Waals surface area contributed by atoms with Crippen LogP contribution >= 0.6 is 23.2 Å². The number of sulfonamides is 1. The fraction of sp³-hybridized carbons (Fsp3) is 0.130. The minimum absolute atomic E-state index is 0.196. The monoisotopic (exact) mass is 490 g/mol. The third-order valence-electron chi connectivity index (χ3n) is 4.69. The van der Waals surface area contributed by atoms with Crippen LogP contribution < -0.4 is 9.62 Å². The number of carbonyl (C=O) groups excluding carboxylic acids is 2. The molecular formula is C23H20Cl2N2O4S. The van der Waals surface area contributed by atoms with Crippen molar-refractivity contribution in [2.24, 2.45) is 0 Å². The van der Waals surface area contributed by atoms with Gasteiger partial charge in [-0.1, -0.05) is 53.5 Å². The maximum atomic E-state index is 13.0. The predicted octanol–water partition coefficient (Wildman–Crippen LogP) is 5.02. The Labute approximate surface area is 196 Å². The first-order chi connectivity index (χ1) is 15.1. The molecule has 3 aromatic rings. The van der Waals surface area contributed by atoms with Crippen LogP contribution in [0.4, 0.5) is 11.4 Å². The maximum absolute atomic E-state index is 13.0. The molecule has 0 aliphatic rings. The molecule has 0 spiro atoms. The van der Waals surface area contributed by atoms with Crippen molar-refractivity contribution in [1.82, 2.24) is 0 Å². The van der Waals surface area contributed by atoms with E-state index in [0.717, 1.165) is 10.6 Å². The lowest BCUT2D eigenvalue weighted by Crippen LogP contribution is -2.45. The van der Waals surface area contributed by atoms with Gasteiger partial charge >= 0.3 is 0 Å². The van der Waals surface area contributed by atoms with Crippen LogP contribution in [0.1, 0.15) is 22.8 Å². The number of anilines is 2. The minimum Gasteiger partial charge on any atom is -0.324 e. The zero-order valence-corrected chi connectivity index (χ0v) is 19.6. The van der Waals surface area contributed by atoms with Gasteiger partial charge in [0.05, 0.1) is 17.6 Å². The van der Waals surface area contributed by atoms with E-state index in [1.54, 1.807) is 30.3 Å². The molecule has 0 unspecified atom stereocenters. The number of amides is 1. The van der Waals surface area contributed by atoms with E-state index in [1.807, 2.05) is 0 Å². The molecule has 0 saturated carbocycles. The van der Waals surface area contributed by atoms with Crippen molar-refractivity contribution >= 4 is 56.3 Å². The van der Waals surface area contributed by atoms with Crippen molar-refractivity contribution in [2.45, 2.75) is 13.0 Å². The summed E-state index contributed by atoms with van der Waals surface area (Å²) in [6, 6.07) is 18.1. The van der Waals surface area contributed by atoms with Crippen molar-refractivity contribution in [2.75, 3.05) is 15.9 Å². The molecule has 32 heavy (non-hydrogen) atoms. The van der Waals surface area contributed by atoms with Crippen LogP contribution in [-0.4, -0.2) is 32.4 Å². The van der Waals surface area contributed by atoms with Gasteiger partial charge in [-0.05, 0) is 49.4 Å². The lowest BCUT2D eigenvalue weighted by Gasteiger charge is -2.28. The molecule has 9 heteroatoms. The fourth-order valence-corrected chi connectivity index (χ4v) is 4.67. The number of rotatable bonds is 7. The number of hydrogen-bond acceptors (Lipinski definition) is 4. The van der Waals surface area contributed by atoms with Crippen molar-refractivity contribution < 1.29 is 18.0 Å². The summed E-state index contributed by atoms with van der Waals surface area (Å²) in [6.45, 7) is 1.46. The van der Waals surface area contributed by atoms with Gasteiger partial charge in [0.1, 0.15) is 6.04 Å². The van der Waals surface area contributed by atoms with E-state index in [-0.39, 0.29) is 22.7 Å². The van der Waals surface area contributed by atoms with Gasteiger partial charge < -0.3 is 5.32 Å². The Morgan fingerprint density at radius 2 is 1.50 bits per heavy atom. The summed E-state index contributed by atoms with van der Waals surface area (Å²) in [6.07, 6.45) is 1.01. The SMILES string of the molecule is C[C@H](C(=O)Nc1ccc(Cl)cc1C(=O)c1ccccc1)N(c1ccc(Cl)cc1)S(C)(=O)=O. The molecule has 0 aliphatic heterocycles. The zero-order chi connectivity index (χ0) is 23.5. The van der Waals surface area contributed by atoms with Gasteiger partial charge in [0, 0.05) is 21.2 Å². The molecule has 1 amide bonds. The second-order valence-electron chi connectivity index (χ2n) is 7.09. The third kappa shape index (κ3) is 5.48. The van der Waals surface area contributed by atoms with Gasteiger partial charge in [0.25, 0.3) is 0 Å². The van der Waals surface area contributed by atoms with Crippen molar-refractivity contribution in [3.63, 3.8) is 0 Å². The molecule has 0 aromatic heterocycles. The Hall–Kier alpha value is -2.87. The van der Waals surface area contributed by atoms with E-state index >= 15 is 0 Å². The average molecular weight is 491 g/mol. The van der Waals surface area contributed by atoms with E-state index < -0.39 is 22.0 Å². The van der Waals surface area contributed by atoms with E-state index in [1.165, 1.54) is 49.4 Å². The van der Waals surface area contributed by atoms with Gasteiger partial charge in [0.15, 0.2) is 5.78 Å². The molecular weight excluding hydrogens is 471 g/mol. The van der Waals surface area contributed by atoms with Crippen molar-refractivity contribution in [3.8, 4) is 0 Å². The van der Waals surface area contributed by atoms with Crippen LogP contribution in [0.3, 0.4) is 0 Å². The summed E-state index contributed by atoms with van der Waals surface area (Å²) in [5.74, 6) is -0.941. The largest absolute Gasteiger partial charge is 0.324 e. The summed E-state index contributed by atoms with van der Waals surface area (Å²) in [4.78, 5) is 26.0. The normalized spacial score (nSPS) is 12.1. The quantitative estimate of drug-likeness (QED) is 0.471. The Balaban J connectivity index is 1.93. The smallest absolute Gasteiger partial charge is 0.248 e. The molecule has 0 saturated heterocycles. The second kappa shape index (κ2) is 9.73. The molecule has 0 aliphatic carbocycles. The third-order valence-corrected chi connectivity index (χ3v) is 6.42. The number of halogens is 2. The molecule has 0 fully saturated rings. The standard InChI is InChI=1S/C23H20Cl2N2O4S/c1-15(27(32(2,30)31)19-11-8-17(24)9-12-19)23(29)26-21-13-10-18(25)14-20(21)22(28)16-6-4-3-5-7-16/h3-15H,1-2H3,(H,26,29)/t15-/m1/s1. The highest BCUT2D eigenvalue weighted by atomic mass is 35.5. The van der Waals surface area contributed by atoms with Crippen LogP contribution in [0.15, 0.2) is 72.8 Å². The van der Waals surface area contributed by atoms with Crippen molar-refractivity contribution in [3.05, 3.63) is 94.0 Å². The first-order valence-corrected chi connectivity index (χ1v) is 12.1. The summed E-state index contributed by atoms with van der Waals surface area (Å²) in [7, 11) is -3.80. The number of carbonyl (C=O) groups is 2. The van der Waals surface area contributed by atoms with E-state index in [2.05, 4.69) is 5.32 Å². The second-order valence-corrected chi connectivity index (χ2v) is 9.82. The minimum atomic E-state index is -3.80. The van der Waals surface area contributed by atoms with Gasteiger partial charge in [-0.3, -0.25) is 13.9 Å². The van der Waals surface area contributed by atoms with Crippen LogP contribution in [0.25, 0.3) is 0 Å². The number of nitrogens with one attached hydrogen (secondary N) is 1. The topological polar surface area (TPSA) is 83.6 Å². The van der Waals surface area contributed by atoms with Gasteiger partial charge in [-0.2, -0.15) is 0 Å². The number of benzene rings is 3. The molecule has 1 N–H and O–H groups in total. The van der Waals surface area contributed by atoms with Crippen LogP contribution in [0.5, 0.6) is 0 Å². The molecule has 1 atom stereocenters. The molecule has 0 radical (unpaired) electrons. The zero-order valence-electron chi connectivity index (χ0n) is 17.2. The Morgan fingerprint density at radius 3 is 2.09 bits per heavy atom. The maximum Gasteiger partial charge on any atom is 0.248 e. The highest BCUT2D eigenvalue weighted by Gasteiger charge is 2.30. The fourth-order valence-electron chi connectivity index (χ4n) is 3.19. The van der Waals surface area contributed by atoms with Crippen molar-refractivity contribution in [1.29, 1.82) is 0 Å². The molecule has 0 heterocycles. The number of hydrogen-bond donors (Lipinski definition) is 1. The molecule has 6 nitrogen and oxygen atoms in total. The molecule has 166 valence electrons. The average Bonchev–Trinajstić information content (AvgIpc) is 2.75. The summed E-state index contributed by atoms with van der Waals surface area (Å²) < 4.78 is 25.9. The Kier molecular flexibility index (Phi) is 7.23. The molecule has 3 rings (SSSR count). The first-order valence-electron chi connectivity index (χ1n) is 9.53. The Bertz CT molecular complexity index is 1250. The van der Waals surface area contributed by atoms with Gasteiger partial charge in [-0.15, -0.1) is 0 Å². The van der Waals surface area contributed by atoms with E-state index in [4.69, 9.17) is 23.2 Å². The Morgan fingerprint density at radius 1 is 0.906 bits per heavy atom. The lowest BCUT2D eigenvalue weighted by atomic mass is 10.0. The summed E-state index contributed by atoms with van der Waals surface area (Å²) in [5, 5.41) is 3.43. The number of nitrogens with zero attached hydrogens (tertiary/aromatic N) is 1. The van der Waals surface area contributed by atoms with E-state index in [0.29, 0.717) is 15.6 Å². The van der Waals surface area contributed by atoms with Crippen LogP contribution in [-0.2, 0) is 14.8 Å². The lowest BCUT2D eigenvalue weighted by molar-refractivity contribution is -0.116. The van der Waals surface area contributed by atoms with Gasteiger partial charge in [-0.25, -0.2) is 8.42 Å². The molecule has 0 bridgehead atoms. The highest BCUT2D eigenvalue weighted by molar-refractivity contribution is 7.92. The predicted molar refractivity (Wildman–Crippen MR) is 128 cm³/mol. The van der Waals surface area contributed by atoms with E-state index in [9.17, 15) is 18.0 Å². The first kappa shape index (κ1) is 23.8. The summed E-state index contributed by atoms with van der Waals surface area (Å²) in [5.41, 5.74) is 1.14. The highest BCUT2D eigenvalue weighted by Crippen LogP contribution is 2.26. The van der Waals surface area contributed by atoms with Gasteiger partial charge in [0.2, 0.25) is 15.9 Å².